The number of hydrogen-bond donors (Lipinski definition) is 0. The Morgan fingerprint density at radius 1 is 1.42 bits per heavy atom. The van der Waals surface area contributed by atoms with Gasteiger partial charge in [-0.1, -0.05) is 0 Å². The van der Waals surface area contributed by atoms with E-state index in [2.05, 4.69) is 37.8 Å². The van der Waals surface area contributed by atoms with Crippen LogP contribution in [0.25, 0.3) is 11.2 Å². The van der Waals surface area contributed by atoms with Crippen LogP contribution in [-0.2, 0) is 7.05 Å². The molecule has 0 spiro atoms. The zero-order valence-corrected chi connectivity index (χ0v) is 8.90. The van der Waals surface area contributed by atoms with Gasteiger partial charge in [-0.05, 0) is 29.5 Å². The minimum absolute atomic E-state index is 0.841. The lowest BCUT2D eigenvalue weighted by atomic mass is 10.5. The Bertz CT molecular complexity index is 434. The van der Waals surface area contributed by atoms with Crippen LogP contribution in [0.15, 0.2) is 6.07 Å². The van der Waals surface area contributed by atoms with Crippen molar-refractivity contribution in [3.63, 3.8) is 0 Å². The number of aromatic nitrogens is 4. The van der Waals surface area contributed by atoms with Gasteiger partial charge in [0.2, 0.25) is 0 Å². The van der Waals surface area contributed by atoms with Crippen molar-refractivity contribution in [2.75, 3.05) is 0 Å². The van der Waals surface area contributed by atoms with E-state index in [0.717, 1.165) is 20.7 Å². The lowest BCUT2D eigenvalue weighted by Crippen LogP contribution is -1.94. The van der Waals surface area contributed by atoms with E-state index in [-0.39, 0.29) is 0 Å². The third-order valence-electron chi connectivity index (χ3n) is 1.81. The van der Waals surface area contributed by atoms with Gasteiger partial charge in [0.15, 0.2) is 5.65 Å². The molecule has 2 heterocycles. The van der Waals surface area contributed by atoms with Gasteiger partial charge in [0.05, 0.1) is 0 Å². The minimum Gasteiger partial charge on any atom is -0.315 e. The summed E-state index contributed by atoms with van der Waals surface area (Å²) in [7, 11) is 1.94. The molecule has 0 radical (unpaired) electrons. The van der Waals surface area contributed by atoms with Gasteiger partial charge in [-0.15, -0.1) is 10.2 Å². The van der Waals surface area contributed by atoms with Crippen LogP contribution in [0.4, 0.5) is 0 Å². The number of fused-ring (bicyclic) bond motifs is 1. The van der Waals surface area contributed by atoms with Crippen LogP contribution in [0.2, 0.25) is 0 Å². The number of hydrogen-bond acceptors (Lipinski definition) is 3. The van der Waals surface area contributed by atoms with E-state index in [4.69, 9.17) is 0 Å². The molecule has 0 amide bonds. The first-order chi connectivity index (χ1) is 5.68. The van der Waals surface area contributed by atoms with Crippen molar-refractivity contribution in [3.05, 3.63) is 15.6 Å². The third-order valence-corrected chi connectivity index (χ3v) is 2.34. The van der Waals surface area contributed by atoms with Crippen LogP contribution in [-0.4, -0.2) is 19.7 Å². The first-order valence-electron chi connectivity index (χ1n) is 3.51. The van der Waals surface area contributed by atoms with E-state index in [9.17, 15) is 0 Å². The average molecular weight is 274 g/mol. The van der Waals surface area contributed by atoms with Crippen molar-refractivity contribution in [2.45, 2.75) is 6.92 Å². The average Bonchev–Trinajstić information content (AvgIpc) is 2.28. The summed E-state index contributed by atoms with van der Waals surface area (Å²) in [4.78, 5) is 4.33. The van der Waals surface area contributed by atoms with E-state index >= 15 is 0 Å². The van der Waals surface area contributed by atoms with Crippen LogP contribution in [0.1, 0.15) is 5.82 Å². The molecule has 5 heteroatoms. The Labute approximate surface area is 83.2 Å². The molecule has 0 aliphatic heterocycles. The second kappa shape index (κ2) is 2.65. The highest BCUT2D eigenvalue weighted by atomic mass is 127. The predicted octanol–water partition coefficient (Wildman–Crippen LogP) is 1.28. The maximum absolute atomic E-state index is 4.33. The fourth-order valence-corrected chi connectivity index (χ4v) is 1.48. The maximum atomic E-state index is 4.33. The molecule has 0 N–H and O–H groups in total. The molecule has 0 atom stereocenters. The molecule has 0 saturated carbocycles. The van der Waals surface area contributed by atoms with Crippen LogP contribution in [0.3, 0.4) is 0 Å². The van der Waals surface area contributed by atoms with Gasteiger partial charge in [-0.2, -0.15) is 0 Å². The van der Waals surface area contributed by atoms with E-state index in [1.165, 1.54) is 0 Å². The first-order valence-corrected chi connectivity index (χ1v) is 4.58. The largest absolute Gasteiger partial charge is 0.315 e. The smallest absolute Gasteiger partial charge is 0.182 e. The molecular weight excluding hydrogens is 267 g/mol. The molecule has 2 rings (SSSR count). The molecule has 0 bridgehead atoms. The third kappa shape index (κ3) is 1.08. The van der Waals surface area contributed by atoms with Gasteiger partial charge in [0.25, 0.3) is 0 Å². The van der Waals surface area contributed by atoms with Gasteiger partial charge in [-0.25, -0.2) is 4.98 Å². The Morgan fingerprint density at radius 2 is 2.17 bits per heavy atom. The Hall–Kier alpha value is -0.720. The highest BCUT2D eigenvalue weighted by Gasteiger charge is 2.05. The molecule has 2 aromatic heterocycles. The molecule has 12 heavy (non-hydrogen) atoms. The van der Waals surface area contributed by atoms with Crippen LogP contribution in [0, 0.1) is 10.6 Å². The molecule has 0 aliphatic rings. The Balaban J connectivity index is 2.87. The summed E-state index contributed by atoms with van der Waals surface area (Å²) in [6.07, 6.45) is 0. The van der Waals surface area contributed by atoms with E-state index < -0.39 is 0 Å². The maximum Gasteiger partial charge on any atom is 0.182 e. The number of imidazole rings is 1. The quantitative estimate of drug-likeness (QED) is 0.680. The summed E-state index contributed by atoms with van der Waals surface area (Å²) >= 11 is 2.13. The second-order valence-electron chi connectivity index (χ2n) is 2.59. The molecule has 0 aromatic carbocycles. The summed E-state index contributed by atoms with van der Waals surface area (Å²) in [6.45, 7) is 1.95. The Morgan fingerprint density at radius 3 is 2.92 bits per heavy atom. The highest BCUT2D eigenvalue weighted by Crippen LogP contribution is 2.12. The second-order valence-corrected chi connectivity index (χ2v) is 3.70. The monoisotopic (exact) mass is 274 g/mol. The summed E-state index contributed by atoms with van der Waals surface area (Å²) < 4.78 is 2.80. The molecule has 62 valence electrons. The van der Waals surface area contributed by atoms with Gasteiger partial charge < -0.3 is 4.57 Å². The zero-order chi connectivity index (χ0) is 8.72. The van der Waals surface area contributed by atoms with Crippen molar-refractivity contribution in [1.29, 1.82) is 0 Å². The number of aryl methyl sites for hydroxylation is 2. The summed E-state index contributed by atoms with van der Waals surface area (Å²) in [5.41, 5.74) is 1.75. The number of rotatable bonds is 0. The van der Waals surface area contributed by atoms with E-state index in [0.29, 0.717) is 0 Å². The first kappa shape index (κ1) is 7.90. The van der Waals surface area contributed by atoms with Crippen LogP contribution in [0.5, 0.6) is 0 Å². The summed E-state index contributed by atoms with van der Waals surface area (Å²) in [5.74, 6) is 0.960. The number of halogens is 1. The summed E-state index contributed by atoms with van der Waals surface area (Å²) in [5, 5.41) is 8.00. The van der Waals surface area contributed by atoms with Crippen LogP contribution >= 0.6 is 22.6 Å². The minimum atomic E-state index is 0.841. The SMILES string of the molecule is Cc1nc2cc(I)nnc2n1C. The standard InChI is InChI=1S/C7H7IN4/c1-4-9-5-3-6(8)10-11-7(5)12(4)2/h3H,1-2H3. The van der Waals surface area contributed by atoms with Gasteiger partial charge in [0, 0.05) is 13.1 Å². The summed E-state index contributed by atoms with van der Waals surface area (Å²) in [6, 6.07) is 1.93. The Kier molecular flexibility index (Phi) is 1.75. The zero-order valence-electron chi connectivity index (χ0n) is 6.74. The van der Waals surface area contributed by atoms with Crippen molar-refractivity contribution in [3.8, 4) is 0 Å². The predicted molar refractivity (Wildman–Crippen MR) is 53.8 cm³/mol. The molecule has 4 nitrogen and oxygen atoms in total. The highest BCUT2D eigenvalue weighted by molar-refractivity contribution is 14.1. The molecule has 2 aromatic rings. The van der Waals surface area contributed by atoms with Gasteiger partial charge in [-0.3, -0.25) is 0 Å². The van der Waals surface area contributed by atoms with Crippen molar-refractivity contribution >= 4 is 33.8 Å². The fourth-order valence-electron chi connectivity index (χ4n) is 1.08. The van der Waals surface area contributed by atoms with Crippen LogP contribution < -0.4 is 0 Å². The molecule has 0 fully saturated rings. The van der Waals surface area contributed by atoms with Gasteiger partial charge in [0.1, 0.15) is 15.0 Å². The number of nitrogens with zero attached hydrogens (tertiary/aromatic N) is 4. The lowest BCUT2D eigenvalue weighted by molar-refractivity contribution is 0.858. The fraction of sp³-hybridized carbons (Fsp3) is 0.286. The molecule has 0 aliphatic carbocycles. The van der Waals surface area contributed by atoms with Gasteiger partial charge >= 0.3 is 0 Å². The lowest BCUT2D eigenvalue weighted by Gasteiger charge is -1.93. The van der Waals surface area contributed by atoms with Crippen molar-refractivity contribution in [1.82, 2.24) is 19.7 Å². The van der Waals surface area contributed by atoms with E-state index in [1.54, 1.807) is 0 Å². The molecule has 0 saturated heterocycles. The molecular formula is C7H7IN4. The molecule has 0 unspecified atom stereocenters. The van der Waals surface area contributed by atoms with Crippen molar-refractivity contribution in [2.24, 2.45) is 7.05 Å². The normalized spacial score (nSPS) is 10.9. The van der Waals surface area contributed by atoms with Crippen molar-refractivity contribution < 1.29 is 0 Å². The topological polar surface area (TPSA) is 43.6 Å². The van der Waals surface area contributed by atoms with E-state index in [1.807, 2.05) is 24.6 Å².